The number of aryl methyl sites for hydroxylation is 1. The molecule has 0 aliphatic carbocycles. The fourth-order valence-electron chi connectivity index (χ4n) is 1.42. The van der Waals surface area contributed by atoms with Gasteiger partial charge in [-0.3, -0.25) is 4.79 Å². The second-order valence-electron chi connectivity index (χ2n) is 3.50. The third-order valence-electron chi connectivity index (χ3n) is 2.27. The molecule has 1 nitrogen and oxygen atoms in total. The zero-order valence-corrected chi connectivity index (χ0v) is 9.58. The summed E-state index contributed by atoms with van der Waals surface area (Å²) in [6, 6.07) is 3.27. The van der Waals surface area contributed by atoms with Crippen LogP contribution in [0.1, 0.15) is 20.8 Å². The molecule has 0 aliphatic heterocycles. The Kier molecular flexibility index (Phi) is 3.02. The first-order chi connectivity index (χ1) is 8.00. The topological polar surface area (TPSA) is 17.1 Å². The molecule has 2 rings (SSSR count). The largest absolute Gasteiger partial charge is 0.288 e. The van der Waals surface area contributed by atoms with Crippen LogP contribution in [0.2, 0.25) is 0 Å². The molecule has 2 aromatic rings. The highest BCUT2D eigenvalue weighted by Gasteiger charge is 2.20. The van der Waals surface area contributed by atoms with Gasteiger partial charge in [0, 0.05) is 15.8 Å². The molecule has 0 spiro atoms. The Bertz CT molecular complexity index is 589. The van der Waals surface area contributed by atoms with Crippen LogP contribution in [0.4, 0.5) is 13.2 Å². The monoisotopic (exact) mass is 256 g/mol. The average molecular weight is 256 g/mol. The van der Waals surface area contributed by atoms with E-state index >= 15 is 0 Å². The number of halogens is 3. The molecule has 88 valence electrons. The van der Waals surface area contributed by atoms with E-state index in [9.17, 15) is 18.0 Å². The van der Waals surface area contributed by atoms with Gasteiger partial charge in [0.2, 0.25) is 0 Å². The second kappa shape index (κ2) is 4.33. The Morgan fingerprint density at radius 1 is 1.18 bits per heavy atom. The molecule has 0 radical (unpaired) electrons. The number of rotatable bonds is 2. The minimum atomic E-state index is -1.62. The number of benzene rings is 1. The summed E-state index contributed by atoms with van der Waals surface area (Å²) >= 11 is 1.33. The lowest BCUT2D eigenvalue weighted by atomic mass is 10.0. The van der Waals surface area contributed by atoms with Crippen LogP contribution in [0.25, 0.3) is 0 Å². The lowest BCUT2D eigenvalue weighted by molar-refractivity contribution is 0.103. The van der Waals surface area contributed by atoms with Gasteiger partial charge in [0.05, 0.1) is 5.56 Å². The van der Waals surface area contributed by atoms with Gasteiger partial charge in [0.25, 0.3) is 0 Å². The van der Waals surface area contributed by atoms with Crippen molar-refractivity contribution in [3.8, 4) is 0 Å². The van der Waals surface area contributed by atoms with E-state index in [0.717, 1.165) is 17.0 Å². The number of carbonyl (C=O) groups is 1. The van der Waals surface area contributed by atoms with Crippen molar-refractivity contribution in [2.75, 3.05) is 0 Å². The standard InChI is InChI=1S/C12H7F3OS/c1-6-4-7(5-17-6)12(16)8-2-3-9(13)11(15)10(8)14/h2-5H,1H3. The SMILES string of the molecule is Cc1cc(C(=O)c2ccc(F)c(F)c2F)cs1. The van der Waals surface area contributed by atoms with Gasteiger partial charge in [0.1, 0.15) is 0 Å². The summed E-state index contributed by atoms with van der Waals surface area (Å²) in [6.45, 7) is 1.79. The smallest absolute Gasteiger partial charge is 0.196 e. The van der Waals surface area contributed by atoms with Gasteiger partial charge in [-0.25, -0.2) is 13.2 Å². The second-order valence-corrected chi connectivity index (χ2v) is 4.61. The summed E-state index contributed by atoms with van der Waals surface area (Å²) < 4.78 is 39.1. The van der Waals surface area contributed by atoms with Crippen molar-refractivity contribution >= 4 is 17.1 Å². The van der Waals surface area contributed by atoms with Crippen molar-refractivity contribution in [2.24, 2.45) is 0 Å². The number of carbonyl (C=O) groups excluding carboxylic acids is 1. The van der Waals surface area contributed by atoms with Gasteiger partial charge in [-0.1, -0.05) is 0 Å². The normalized spacial score (nSPS) is 10.6. The molecule has 17 heavy (non-hydrogen) atoms. The minimum Gasteiger partial charge on any atom is -0.288 e. The number of ketones is 1. The molecule has 1 aromatic carbocycles. The van der Waals surface area contributed by atoms with Crippen LogP contribution in [0, 0.1) is 24.4 Å². The summed E-state index contributed by atoms with van der Waals surface area (Å²) in [6.07, 6.45) is 0. The fraction of sp³-hybridized carbons (Fsp3) is 0.0833. The van der Waals surface area contributed by atoms with Gasteiger partial charge in [-0.05, 0) is 25.1 Å². The highest BCUT2D eigenvalue weighted by molar-refractivity contribution is 7.10. The first-order valence-electron chi connectivity index (χ1n) is 4.74. The van der Waals surface area contributed by atoms with E-state index in [4.69, 9.17) is 0 Å². The van der Waals surface area contributed by atoms with Gasteiger partial charge in [-0.15, -0.1) is 11.3 Å². The summed E-state index contributed by atoms with van der Waals surface area (Å²) in [4.78, 5) is 12.7. The molecule has 5 heteroatoms. The predicted molar refractivity (Wildman–Crippen MR) is 58.8 cm³/mol. The lowest BCUT2D eigenvalue weighted by Gasteiger charge is -2.02. The van der Waals surface area contributed by atoms with Crippen molar-refractivity contribution in [3.63, 3.8) is 0 Å². The summed E-state index contributed by atoms with van der Waals surface area (Å²) in [7, 11) is 0. The van der Waals surface area contributed by atoms with Crippen molar-refractivity contribution in [1.82, 2.24) is 0 Å². The molecule has 0 bridgehead atoms. The van der Waals surface area contributed by atoms with Crippen molar-refractivity contribution in [3.05, 3.63) is 57.0 Å². The van der Waals surface area contributed by atoms with Gasteiger partial charge in [0.15, 0.2) is 23.2 Å². The van der Waals surface area contributed by atoms with Gasteiger partial charge in [-0.2, -0.15) is 0 Å². The highest BCUT2D eigenvalue weighted by atomic mass is 32.1. The Balaban J connectivity index is 2.48. The van der Waals surface area contributed by atoms with E-state index in [1.54, 1.807) is 18.4 Å². The maximum absolute atomic E-state index is 13.4. The molecule has 0 unspecified atom stereocenters. The minimum absolute atomic E-state index is 0.275. The van der Waals surface area contributed by atoms with Crippen LogP contribution in [0.15, 0.2) is 23.6 Å². The Morgan fingerprint density at radius 3 is 2.47 bits per heavy atom. The quantitative estimate of drug-likeness (QED) is 0.591. The lowest BCUT2D eigenvalue weighted by Crippen LogP contribution is -2.06. The van der Waals surface area contributed by atoms with Crippen molar-refractivity contribution < 1.29 is 18.0 Å². The first kappa shape index (κ1) is 11.9. The number of hydrogen-bond donors (Lipinski definition) is 0. The maximum Gasteiger partial charge on any atom is 0.196 e. The molecule has 0 N–H and O–H groups in total. The maximum atomic E-state index is 13.4. The summed E-state index contributed by atoms with van der Waals surface area (Å²) in [5.41, 5.74) is -0.181. The third kappa shape index (κ3) is 2.10. The van der Waals surface area contributed by atoms with Crippen molar-refractivity contribution in [1.29, 1.82) is 0 Å². The van der Waals surface area contributed by atoms with Crippen LogP contribution in [0.3, 0.4) is 0 Å². The molecular weight excluding hydrogens is 249 g/mol. The molecule has 1 heterocycles. The van der Waals surface area contributed by atoms with Gasteiger partial charge >= 0.3 is 0 Å². The molecule has 0 aliphatic rings. The zero-order chi connectivity index (χ0) is 12.6. The van der Waals surface area contributed by atoms with E-state index in [1.165, 1.54) is 11.3 Å². The molecule has 0 saturated heterocycles. The first-order valence-corrected chi connectivity index (χ1v) is 5.62. The van der Waals surface area contributed by atoms with Crippen molar-refractivity contribution in [2.45, 2.75) is 6.92 Å². The zero-order valence-electron chi connectivity index (χ0n) is 8.76. The van der Waals surface area contributed by atoms with E-state index in [2.05, 4.69) is 0 Å². The van der Waals surface area contributed by atoms with E-state index < -0.39 is 28.8 Å². The molecule has 0 fully saturated rings. The Labute approximate surface area is 99.5 Å². The summed E-state index contributed by atoms with van der Waals surface area (Å²) in [5, 5.41) is 1.55. The van der Waals surface area contributed by atoms with Crippen LogP contribution in [0.5, 0.6) is 0 Å². The fourth-order valence-corrected chi connectivity index (χ4v) is 2.10. The van der Waals surface area contributed by atoms with E-state index in [-0.39, 0.29) is 5.56 Å². The van der Waals surface area contributed by atoms with Crippen LogP contribution in [-0.2, 0) is 0 Å². The molecule has 0 atom stereocenters. The number of thiophene rings is 1. The molecule has 0 amide bonds. The molecular formula is C12H7F3OS. The van der Waals surface area contributed by atoms with Crippen LogP contribution in [-0.4, -0.2) is 5.78 Å². The van der Waals surface area contributed by atoms with E-state index in [1.807, 2.05) is 0 Å². The summed E-state index contributed by atoms with van der Waals surface area (Å²) in [5.74, 6) is -5.02. The highest BCUT2D eigenvalue weighted by Crippen LogP contribution is 2.21. The number of hydrogen-bond acceptors (Lipinski definition) is 2. The van der Waals surface area contributed by atoms with Crippen LogP contribution < -0.4 is 0 Å². The van der Waals surface area contributed by atoms with Crippen LogP contribution >= 0.6 is 11.3 Å². The molecule has 1 aromatic heterocycles. The average Bonchev–Trinajstić information content (AvgIpc) is 2.72. The Morgan fingerprint density at radius 2 is 1.88 bits per heavy atom. The predicted octanol–water partition coefficient (Wildman–Crippen LogP) is 3.70. The molecule has 0 saturated carbocycles. The van der Waals surface area contributed by atoms with Gasteiger partial charge < -0.3 is 0 Å². The third-order valence-corrected chi connectivity index (χ3v) is 3.13. The van der Waals surface area contributed by atoms with E-state index in [0.29, 0.717) is 0 Å². The Hall–Kier alpha value is -1.62.